The first kappa shape index (κ1) is 20.7. The highest BCUT2D eigenvalue weighted by Crippen LogP contribution is 2.37. The number of aromatic nitrogens is 2. The van der Waals surface area contributed by atoms with E-state index in [-0.39, 0.29) is 12.5 Å². The molecule has 0 fully saturated rings. The molecule has 3 heterocycles. The molecule has 33 heavy (non-hydrogen) atoms. The standard InChI is InChI=1S/C27H24N4O2/c1-18-10-19(2)12-23(11-18)30-26-14-22(7-9-29-26)21-5-6-25-24(13-21)31(27(32)17-33-25)16-20-4-3-8-28-15-20/h3-15H,16-17H2,1-2H3,(H,29,30). The van der Waals surface area contributed by atoms with Gasteiger partial charge >= 0.3 is 0 Å². The largest absolute Gasteiger partial charge is 0.482 e. The molecular weight excluding hydrogens is 412 g/mol. The van der Waals surface area contributed by atoms with Gasteiger partial charge < -0.3 is 15.0 Å². The lowest BCUT2D eigenvalue weighted by Crippen LogP contribution is -2.38. The summed E-state index contributed by atoms with van der Waals surface area (Å²) in [6, 6.07) is 20.1. The summed E-state index contributed by atoms with van der Waals surface area (Å²) in [6.45, 7) is 4.64. The van der Waals surface area contributed by atoms with Crippen molar-refractivity contribution < 1.29 is 9.53 Å². The molecule has 2 aromatic carbocycles. The number of aryl methyl sites for hydroxylation is 2. The van der Waals surface area contributed by atoms with Crippen molar-refractivity contribution in [1.29, 1.82) is 0 Å². The molecule has 0 radical (unpaired) electrons. The van der Waals surface area contributed by atoms with Crippen LogP contribution in [0.3, 0.4) is 0 Å². The van der Waals surface area contributed by atoms with Crippen molar-refractivity contribution in [2.24, 2.45) is 0 Å². The lowest BCUT2D eigenvalue weighted by molar-refractivity contribution is -0.121. The zero-order valence-corrected chi connectivity index (χ0v) is 18.6. The average Bonchev–Trinajstić information content (AvgIpc) is 2.81. The van der Waals surface area contributed by atoms with Crippen LogP contribution in [0.15, 0.2) is 79.3 Å². The molecule has 0 unspecified atom stereocenters. The number of hydrogen-bond acceptors (Lipinski definition) is 5. The Morgan fingerprint density at radius 3 is 2.58 bits per heavy atom. The smallest absolute Gasteiger partial charge is 0.265 e. The fourth-order valence-corrected chi connectivity index (χ4v) is 4.10. The summed E-state index contributed by atoms with van der Waals surface area (Å²) in [5.74, 6) is 1.38. The molecule has 0 bridgehead atoms. The van der Waals surface area contributed by atoms with Crippen molar-refractivity contribution in [2.45, 2.75) is 20.4 Å². The number of rotatable bonds is 5. The van der Waals surface area contributed by atoms with Crippen LogP contribution in [-0.2, 0) is 11.3 Å². The first-order valence-electron chi connectivity index (χ1n) is 10.8. The van der Waals surface area contributed by atoms with Crippen molar-refractivity contribution in [2.75, 3.05) is 16.8 Å². The molecule has 164 valence electrons. The molecule has 0 spiro atoms. The van der Waals surface area contributed by atoms with Gasteiger partial charge in [0.1, 0.15) is 11.6 Å². The van der Waals surface area contributed by atoms with Gasteiger partial charge in [-0.15, -0.1) is 0 Å². The summed E-state index contributed by atoms with van der Waals surface area (Å²) >= 11 is 0. The molecular formula is C27H24N4O2. The second kappa shape index (κ2) is 8.74. The van der Waals surface area contributed by atoms with E-state index in [2.05, 4.69) is 47.3 Å². The number of nitrogens with zero attached hydrogens (tertiary/aromatic N) is 3. The van der Waals surface area contributed by atoms with Gasteiger partial charge in [-0.05, 0) is 84.1 Å². The molecule has 5 rings (SSSR count). The second-order valence-electron chi connectivity index (χ2n) is 8.24. The van der Waals surface area contributed by atoms with Crippen molar-refractivity contribution in [3.05, 3.63) is 95.9 Å². The zero-order chi connectivity index (χ0) is 22.8. The fourth-order valence-electron chi connectivity index (χ4n) is 4.10. The molecule has 6 nitrogen and oxygen atoms in total. The Kier molecular flexibility index (Phi) is 5.48. The van der Waals surface area contributed by atoms with E-state index in [1.165, 1.54) is 11.1 Å². The van der Waals surface area contributed by atoms with Crippen LogP contribution in [0.25, 0.3) is 11.1 Å². The highest BCUT2D eigenvalue weighted by atomic mass is 16.5. The van der Waals surface area contributed by atoms with Gasteiger partial charge in [-0.2, -0.15) is 0 Å². The Labute approximate surface area is 192 Å². The van der Waals surface area contributed by atoms with Gasteiger partial charge in [0.25, 0.3) is 5.91 Å². The summed E-state index contributed by atoms with van der Waals surface area (Å²) in [5.41, 5.74) is 7.10. The number of amides is 1. The third-order valence-electron chi connectivity index (χ3n) is 5.55. The Morgan fingerprint density at radius 1 is 0.970 bits per heavy atom. The first-order valence-corrected chi connectivity index (χ1v) is 10.8. The number of hydrogen-bond donors (Lipinski definition) is 1. The molecule has 4 aromatic rings. The molecule has 1 aliphatic rings. The van der Waals surface area contributed by atoms with Crippen molar-refractivity contribution in [3.63, 3.8) is 0 Å². The Hall–Kier alpha value is -4.19. The van der Waals surface area contributed by atoms with Crippen LogP contribution in [0.4, 0.5) is 17.2 Å². The van der Waals surface area contributed by atoms with Crippen LogP contribution < -0.4 is 15.0 Å². The van der Waals surface area contributed by atoms with Crippen LogP contribution in [0.5, 0.6) is 5.75 Å². The number of carbonyl (C=O) groups is 1. The predicted molar refractivity (Wildman–Crippen MR) is 130 cm³/mol. The monoisotopic (exact) mass is 436 g/mol. The highest BCUT2D eigenvalue weighted by molar-refractivity contribution is 5.98. The number of pyridine rings is 2. The maximum absolute atomic E-state index is 12.7. The summed E-state index contributed by atoms with van der Waals surface area (Å²) in [6.07, 6.45) is 5.29. The average molecular weight is 437 g/mol. The Balaban J connectivity index is 1.46. The minimum atomic E-state index is -0.0737. The van der Waals surface area contributed by atoms with E-state index in [1.807, 2.05) is 42.5 Å². The summed E-state index contributed by atoms with van der Waals surface area (Å²) in [4.78, 5) is 23.1. The van der Waals surface area contributed by atoms with E-state index in [1.54, 1.807) is 23.5 Å². The van der Waals surface area contributed by atoms with Crippen LogP contribution in [0.2, 0.25) is 0 Å². The molecule has 0 saturated heterocycles. The molecule has 1 aliphatic heterocycles. The summed E-state index contributed by atoms with van der Waals surface area (Å²) in [5, 5.41) is 3.40. The SMILES string of the molecule is Cc1cc(C)cc(Nc2cc(-c3ccc4c(c3)N(Cc3cccnc3)C(=O)CO4)ccn2)c1. The normalized spacial score (nSPS) is 12.8. The summed E-state index contributed by atoms with van der Waals surface area (Å²) < 4.78 is 5.69. The second-order valence-corrected chi connectivity index (χ2v) is 8.24. The van der Waals surface area contributed by atoms with E-state index in [9.17, 15) is 4.79 Å². The van der Waals surface area contributed by atoms with Gasteiger partial charge in [-0.1, -0.05) is 18.2 Å². The van der Waals surface area contributed by atoms with E-state index in [4.69, 9.17) is 4.74 Å². The molecule has 1 N–H and O–H groups in total. The highest BCUT2D eigenvalue weighted by Gasteiger charge is 2.26. The quantitative estimate of drug-likeness (QED) is 0.452. The predicted octanol–water partition coefficient (Wildman–Crippen LogP) is 5.43. The van der Waals surface area contributed by atoms with Gasteiger partial charge in [-0.25, -0.2) is 4.98 Å². The number of nitrogens with one attached hydrogen (secondary N) is 1. The van der Waals surface area contributed by atoms with Crippen LogP contribution in [0, 0.1) is 13.8 Å². The zero-order valence-electron chi connectivity index (χ0n) is 18.6. The van der Waals surface area contributed by atoms with Gasteiger partial charge in [-0.3, -0.25) is 9.78 Å². The minimum Gasteiger partial charge on any atom is -0.482 e. The number of benzene rings is 2. The number of anilines is 3. The van der Waals surface area contributed by atoms with E-state index >= 15 is 0 Å². The van der Waals surface area contributed by atoms with Crippen molar-refractivity contribution in [3.8, 4) is 16.9 Å². The fraction of sp³-hybridized carbons (Fsp3) is 0.148. The minimum absolute atomic E-state index is 0.0336. The van der Waals surface area contributed by atoms with Gasteiger partial charge in [0.15, 0.2) is 6.61 Å². The molecule has 0 aliphatic carbocycles. The van der Waals surface area contributed by atoms with Crippen LogP contribution in [-0.4, -0.2) is 22.5 Å². The van der Waals surface area contributed by atoms with Crippen LogP contribution in [0.1, 0.15) is 16.7 Å². The van der Waals surface area contributed by atoms with E-state index in [0.717, 1.165) is 33.9 Å². The van der Waals surface area contributed by atoms with E-state index < -0.39 is 0 Å². The first-order chi connectivity index (χ1) is 16.0. The van der Waals surface area contributed by atoms with Crippen molar-refractivity contribution in [1.82, 2.24) is 9.97 Å². The Bertz CT molecular complexity index is 1300. The number of fused-ring (bicyclic) bond motifs is 1. The molecule has 6 heteroatoms. The van der Waals surface area contributed by atoms with Gasteiger partial charge in [0, 0.05) is 24.3 Å². The van der Waals surface area contributed by atoms with Gasteiger partial charge in [0.2, 0.25) is 0 Å². The molecule has 1 amide bonds. The van der Waals surface area contributed by atoms with Gasteiger partial charge in [0.05, 0.1) is 12.2 Å². The lowest BCUT2D eigenvalue weighted by Gasteiger charge is -2.30. The maximum atomic E-state index is 12.7. The topological polar surface area (TPSA) is 67.4 Å². The third-order valence-corrected chi connectivity index (χ3v) is 5.55. The lowest BCUT2D eigenvalue weighted by atomic mass is 10.0. The van der Waals surface area contributed by atoms with E-state index in [0.29, 0.717) is 12.3 Å². The summed E-state index contributed by atoms with van der Waals surface area (Å²) in [7, 11) is 0. The number of ether oxygens (including phenoxy) is 1. The maximum Gasteiger partial charge on any atom is 0.265 e. The third kappa shape index (κ3) is 4.55. The van der Waals surface area contributed by atoms with Crippen LogP contribution >= 0.6 is 0 Å². The number of carbonyl (C=O) groups excluding carboxylic acids is 1. The Morgan fingerprint density at radius 2 is 1.79 bits per heavy atom. The molecule has 0 atom stereocenters. The molecule has 2 aromatic heterocycles. The molecule has 0 saturated carbocycles. The van der Waals surface area contributed by atoms with Crippen molar-refractivity contribution >= 4 is 23.1 Å².